The Morgan fingerprint density at radius 3 is 2.06 bits per heavy atom. The van der Waals surface area contributed by atoms with Crippen molar-refractivity contribution < 1.29 is 4.79 Å². The van der Waals surface area contributed by atoms with Crippen LogP contribution in [0.5, 0.6) is 0 Å². The summed E-state index contributed by atoms with van der Waals surface area (Å²) in [5.74, 6) is 0.156. The first-order valence-corrected chi connectivity index (χ1v) is 6.63. The maximum Gasteiger partial charge on any atom is 0.227 e. The molecule has 17 heavy (non-hydrogen) atoms. The van der Waals surface area contributed by atoms with Crippen LogP contribution in [-0.2, 0) is 4.79 Å². The summed E-state index contributed by atoms with van der Waals surface area (Å²) in [6.45, 7) is 12.2. The van der Waals surface area contributed by atoms with Crippen LogP contribution in [0.15, 0.2) is 0 Å². The minimum absolute atomic E-state index is 0.0855. The minimum atomic E-state index is -0.256. The third-order valence-corrected chi connectivity index (χ3v) is 4.90. The van der Waals surface area contributed by atoms with Gasteiger partial charge in [-0.25, -0.2) is 0 Å². The number of nitrogens with two attached hydrogens (primary N) is 1. The molecule has 1 fully saturated rings. The molecule has 0 saturated heterocycles. The molecular weight excluding hydrogens is 212 g/mol. The Bertz CT molecular complexity index is 280. The minimum Gasteiger partial charge on any atom is -0.355 e. The first-order chi connectivity index (χ1) is 7.65. The summed E-state index contributed by atoms with van der Waals surface area (Å²) in [6.07, 6.45) is 3.03. The first kappa shape index (κ1) is 14.5. The molecule has 0 aromatic rings. The molecule has 3 N–H and O–H groups in total. The maximum absolute atomic E-state index is 12.2. The molecule has 0 aromatic heterocycles. The molecule has 0 atom stereocenters. The molecular formula is C14H28N2O. The van der Waals surface area contributed by atoms with E-state index in [1.807, 2.05) is 0 Å². The standard InChI is InChI=1S/C14H28N2O/c1-12(2,3)13(4,5)10-16-11(17)14(9-15)7-6-8-14/h6-10,15H2,1-5H3,(H,16,17). The maximum atomic E-state index is 12.2. The predicted molar refractivity (Wildman–Crippen MR) is 71.6 cm³/mol. The van der Waals surface area contributed by atoms with E-state index >= 15 is 0 Å². The number of hydrogen-bond acceptors (Lipinski definition) is 2. The van der Waals surface area contributed by atoms with Crippen LogP contribution in [0.2, 0.25) is 0 Å². The third-order valence-electron chi connectivity index (χ3n) is 4.90. The van der Waals surface area contributed by atoms with E-state index in [4.69, 9.17) is 5.73 Å². The van der Waals surface area contributed by atoms with E-state index in [0.717, 1.165) is 25.8 Å². The third kappa shape index (κ3) is 2.82. The Hall–Kier alpha value is -0.570. The lowest BCUT2D eigenvalue weighted by Crippen LogP contribution is -2.53. The van der Waals surface area contributed by atoms with Crippen LogP contribution >= 0.6 is 0 Å². The molecule has 0 aliphatic heterocycles. The van der Waals surface area contributed by atoms with Crippen LogP contribution in [-0.4, -0.2) is 19.0 Å². The van der Waals surface area contributed by atoms with Gasteiger partial charge in [0.15, 0.2) is 0 Å². The van der Waals surface area contributed by atoms with Gasteiger partial charge in [-0.15, -0.1) is 0 Å². The highest BCUT2D eigenvalue weighted by atomic mass is 16.2. The summed E-state index contributed by atoms with van der Waals surface area (Å²) >= 11 is 0. The second-order valence-corrected chi connectivity index (χ2v) is 7.15. The fourth-order valence-electron chi connectivity index (χ4n) is 1.88. The zero-order valence-electron chi connectivity index (χ0n) is 12.0. The monoisotopic (exact) mass is 240 g/mol. The Morgan fingerprint density at radius 1 is 1.24 bits per heavy atom. The average molecular weight is 240 g/mol. The molecule has 0 heterocycles. The van der Waals surface area contributed by atoms with Crippen molar-refractivity contribution in [2.75, 3.05) is 13.1 Å². The fraction of sp³-hybridized carbons (Fsp3) is 0.929. The van der Waals surface area contributed by atoms with Crippen LogP contribution in [0.25, 0.3) is 0 Å². The summed E-state index contributed by atoms with van der Waals surface area (Å²) in [5.41, 5.74) is 5.74. The summed E-state index contributed by atoms with van der Waals surface area (Å²) in [4.78, 5) is 12.2. The van der Waals surface area contributed by atoms with Gasteiger partial charge in [-0.2, -0.15) is 0 Å². The second-order valence-electron chi connectivity index (χ2n) is 7.15. The van der Waals surface area contributed by atoms with Crippen molar-refractivity contribution in [3.8, 4) is 0 Å². The van der Waals surface area contributed by atoms with Crippen molar-refractivity contribution >= 4 is 5.91 Å². The molecule has 0 aromatic carbocycles. The van der Waals surface area contributed by atoms with E-state index in [0.29, 0.717) is 6.54 Å². The van der Waals surface area contributed by atoms with Gasteiger partial charge in [-0.3, -0.25) is 4.79 Å². The molecule has 3 nitrogen and oxygen atoms in total. The van der Waals surface area contributed by atoms with Crippen LogP contribution in [0.4, 0.5) is 0 Å². The van der Waals surface area contributed by atoms with E-state index in [9.17, 15) is 4.79 Å². The van der Waals surface area contributed by atoms with Crippen LogP contribution in [0.1, 0.15) is 53.9 Å². The number of carbonyl (C=O) groups is 1. The van der Waals surface area contributed by atoms with Crippen molar-refractivity contribution in [1.29, 1.82) is 0 Å². The lowest BCUT2D eigenvalue weighted by Gasteiger charge is -2.42. The van der Waals surface area contributed by atoms with Gasteiger partial charge >= 0.3 is 0 Å². The van der Waals surface area contributed by atoms with Gasteiger partial charge in [0.05, 0.1) is 5.41 Å². The molecule has 0 radical (unpaired) electrons. The second kappa shape index (κ2) is 4.60. The number of carbonyl (C=O) groups excluding carboxylic acids is 1. The molecule has 1 aliphatic rings. The van der Waals surface area contributed by atoms with Gasteiger partial charge in [0.1, 0.15) is 0 Å². The van der Waals surface area contributed by atoms with Gasteiger partial charge in [0.25, 0.3) is 0 Å². The number of amides is 1. The molecule has 3 heteroatoms. The topological polar surface area (TPSA) is 55.1 Å². The Morgan fingerprint density at radius 2 is 1.76 bits per heavy atom. The van der Waals surface area contributed by atoms with E-state index in [-0.39, 0.29) is 22.2 Å². The lowest BCUT2D eigenvalue weighted by atomic mass is 9.67. The molecule has 1 saturated carbocycles. The zero-order valence-corrected chi connectivity index (χ0v) is 12.0. The molecule has 0 spiro atoms. The van der Waals surface area contributed by atoms with Crippen molar-refractivity contribution in [2.45, 2.75) is 53.9 Å². The smallest absolute Gasteiger partial charge is 0.227 e. The van der Waals surface area contributed by atoms with E-state index in [1.54, 1.807) is 0 Å². The highest BCUT2D eigenvalue weighted by Crippen LogP contribution is 2.41. The van der Waals surface area contributed by atoms with E-state index in [1.165, 1.54) is 0 Å². The highest BCUT2D eigenvalue weighted by Gasteiger charge is 2.43. The lowest BCUT2D eigenvalue weighted by molar-refractivity contribution is -0.136. The number of nitrogens with one attached hydrogen (secondary N) is 1. The predicted octanol–water partition coefficient (Wildman–Crippen LogP) is 2.30. The van der Waals surface area contributed by atoms with Crippen LogP contribution in [0, 0.1) is 16.2 Å². The normalized spacial score (nSPS) is 19.6. The van der Waals surface area contributed by atoms with Gasteiger partial charge in [-0.1, -0.05) is 41.0 Å². The zero-order chi connectivity index (χ0) is 13.3. The molecule has 1 amide bonds. The molecule has 1 aliphatic carbocycles. The molecule has 0 unspecified atom stereocenters. The van der Waals surface area contributed by atoms with Crippen molar-refractivity contribution in [3.63, 3.8) is 0 Å². The van der Waals surface area contributed by atoms with Crippen molar-refractivity contribution in [1.82, 2.24) is 5.32 Å². The quantitative estimate of drug-likeness (QED) is 0.792. The van der Waals surface area contributed by atoms with Crippen molar-refractivity contribution in [3.05, 3.63) is 0 Å². The van der Waals surface area contributed by atoms with Gasteiger partial charge in [-0.05, 0) is 23.7 Å². The summed E-state index contributed by atoms with van der Waals surface area (Å²) in [5, 5.41) is 3.10. The van der Waals surface area contributed by atoms with E-state index in [2.05, 4.69) is 39.9 Å². The summed E-state index contributed by atoms with van der Waals surface area (Å²) in [6, 6.07) is 0. The Kier molecular flexibility index (Phi) is 3.92. The Balaban J connectivity index is 2.54. The highest BCUT2D eigenvalue weighted by molar-refractivity contribution is 5.83. The van der Waals surface area contributed by atoms with E-state index < -0.39 is 0 Å². The number of hydrogen-bond donors (Lipinski definition) is 2. The first-order valence-electron chi connectivity index (χ1n) is 6.63. The summed E-state index contributed by atoms with van der Waals surface area (Å²) in [7, 11) is 0. The average Bonchev–Trinajstić information content (AvgIpc) is 2.12. The van der Waals surface area contributed by atoms with Gasteiger partial charge in [0, 0.05) is 13.1 Å². The van der Waals surface area contributed by atoms with Crippen LogP contribution < -0.4 is 11.1 Å². The van der Waals surface area contributed by atoms with Gasteiger partial charge < -0.3 is 11.1 Å². The largest absolute Gasteiger partial charge is 0.355 e. The molecule has 1 rings (SSSR count). The molecule has 100 valence electrons. The SMILES string of the molecule is CC(C)(C)C(C)(C)CNC(=O)C1(CN)CCC1. The molecule has 0 bridgehead atoms. The fourth-order valence-corrected chi connectivity index (χ4v) is 1.88. The van der Waals surface area contributed by atoms with Crippen molar-refractivity contribution in [2.24, 2.45) is 22.0 Å². The Labute approximate surface area is 106 Å². The van der Waals surface area contributed by atoms with Crippen LogP contribution in [0.3, 0.4) is 0 Å². The van der Waals surface area contributed by atoms with Gasteiger partial charge in [0.2, 0.25) is 5.91 Å². The summed E-state index contributed by atoms with van der Waals surface area (Å²) < 4.78 is 0. The number of rotatable bonds is 4.